The molecule has 0 amide bonds. The summed E-state index contributed by atoms with van der Waals surface area (Å²) in [6, 6.07) is 9.80. The van der Waals surface area contributed by atoms with Gasteiger partial charge in [-0.2, -0.15) is 5.10 Å². The molecule has 1 aromatic heterocycles. The molecule has 0 aliphatic rings. The average molecular weight is 274 g/mol. The highest BCUT2D eigenvalue weighted by Gasteiger charge is 2.25. The van der Waals surface area contributed by atoms with Crippen LogP contribution in [0.5, 0.6) is 5.75 Å². The van der Waals surface area contributed by atoms with Gasteiger partial charge in [-0.05, 0) is 44.5 Å². The van der Waals surface area contributed by atoms with Crippen LogP contribution in [0, 0.1) is 0 Å². The van der Waals surface area contributed by atoms with Gasteiger partial charge in [0.25, 0.3) is 0 Å². The first-order chi connectivity index (χ1) is 9.42. The molecule has 0 aliphatic carbocycles. The molecule has 4 nitrogen and oxygen atoms in total. The van der Waals surface area contributed by atoms with Crippen LogP contribution in [0.4, 0.5) is 0 Å². The van der Waals surface area contributed by atoms with Gasteiger partial charge in [0.1, 0.15) is 5.75 Å². The molecule has 0 aliphatic heterocycles. The lowest BCUT2D eigenvalue weighted by Gasteiger charge is -2.23. The fraction of sp³-hybridized carbons (Fsp3) is 0.438. The molecule has 1 N–H and O–H groups in total. The van der Waals surface area contributed by atoms with Gasteiger partial charge in [-0.15, -0.1) is 0 Å². The van der Waals surface area contributed by atoms with Crippen molar-refractivity contribution in [1.29, 1.82) is 0 Å². The van der Waals surface area contributed by atoms with Crippen molar-refractivity contribution in [2.75, 3.05) is 7.11 Å². The number of benzene rings is 1. The topological polar surface area (TPSA) is 47.3 Å². The van der Waals surface area contributed by atoms with Crippen LogP contribution in [-0.4, -0.2) is 22.0 Å². The molecule has 4 heteroatoms. The Morgan fingerprint density at radius 2 is 2.10 bits per heavy atom. The number of methoxy groups -OCH3 is 1. The standard InChI is InChI=1S/C16H22N2O2/c1-12(2)18-9-8-14(17-18)11-16(3,19)13-6-5-7-15(10-13)20-4/h5-10,12,19H,11H2,1-4H3. The Labute approximate surface area is 120 Å². The van der Waals surface area contributed by atoms with Crippen molar-refractivity contribution in [2.45, 2.75) is 38.8 Å². The predicted molar refractivity (Wildman–Crippen MR) is 78.9 cm³/mol. The molecule has 0 spiro atoms. The van der Waals surface area contributed by atoms with Crippen molar-refractivity contribution in [3.63, 3.8) is 0 Å². The van der Waals surface area contributed by atoms with E-state index in [4.69, 9.17) is 4.74 Å². The smallest absolute Gasteiger partial charge is 0.119 e. The van der Waals surface area contributed by atoms with Gasteiger partial charge in [0, 0.05) is 18.7 Å². The van der Waals surface area contributed by atoms with E-state index in [9.17, 15) is 5.11 Å². The Morgan fingerprint density at radius 1 is 1.35 bits per heavy atom. The molecule has 0 saturated heterocycles. The highest BCUT2D eigenvalue weighted by atomic mass is 16.5. The van der Waals surface area contributed by atoms with Gasteiger partial charge in [-0.1, -0.05) is 12.1 Å². The minimum Gasteiger partial charge on any atom is -0.497 e. The highest BCUT2D eigenvalue weighted by Crippen LogP contribution is 2.27. The number of hydrogen-bond donors (Lipinski definition) is 1. The van der Waals surface area contributed by atoms with E-state index in [-0.39, 0.29) is 0 Å². The molecule has 108 valence electrons. The number of aromatic nitrogens is 2. The van der Waals surface area contributed by atoms with Crippen LogP contribution in [-0.2, 0) is 12.0 Å². The molecule has 0 radical (unpaired) electrons. The zero-order chi connectivity index (χ0) is 14.8. The number of rotatable bonds is 5. The molecule has 2 aromatic rings. The van der Waals surface area contributed by atoms with Crippen LogP contribution < -0.4 is 4.74 Å². The summed E-state index contributed by atoms with van der Waals surface area (Å²) >= 11 is 0. The monoisotopic (exact) mass is 274 g/mol. The molecule has 2 rings (SSSR count). The SMILES string of the molecule is COc1cccc(C(C)(O)Cc2ccn(C(C)C)n2)c1. The Kier molecular flexibility index (Phi) is 4.14. The second-order valence-corrected chi connectivity index (χ2v) is 5.56. The summed E-state index contributed by atoms with van der Waals surface area (Å²) in [5, 5.41) is 15.2. The van der Waals surface area contributed by atoms with E-state index >= 15 is 0 Å². The van der Waals surface area contributed by atoms with Crippen molar-refractivity contribution in [2.24, 2.45) is 0 Å². The van der Waals surface area contributed by atoms with Crippen molar-refractivity contribution in [3.05, 3.63) is 47.8 Å². The fourth-order valence-corrected chi connectivity index (χ4v) is 2.17. The van der Waals surface area contributed by atoms with Crippen LogP contribution in [0.1, 0.15) is 38.1 Å². The molecule has 1 aromatic carbocycles. The van der Waals surface area contributed by atoms with E-state index in [1.165, 1.54) is 0 Å². The highest BCUT2D eigenvalue weighted by molar-refractivity contribution is 5.32. The molecular weight excluding hydrogens is 252 g/mol. The zero-order valence-electron chi connectivity index (χ0n) is 12.5. The minimum absolute atomic E-state index is 0.325. The second-order valence-electron chi connectivity index (χ2n) is 5.56. The predicted octanol–water partition coefficient (Wildman–Crippen LogP) is 2.92. The number of ether oxygens (including phenoxy) is 1. The van der Waals surface area contributed by atoms with Crippen LogP contribution in [0.3, 0.4) is 0 Å². The van der Waals surface area contributed by atoms with Crippen molar-refractivity contribution < 1.29 is 9.84 Å². The quantitative estimate of drug-likeness (QED) is 0.912. The molecule has 1 atom stereocenters. The van der Waals surface area contributed by atoms with Crippen LogP contribution in [0.25, 0.3) is 0 Å². The van der Waals surface area contributed by atoms with Gasteiger partial charge in [-0.25, -0.2) is 0 Å². The second kappa shape index (κ2) is 5.67. The third-order valence-electron chi connectivity index (χ3n) is 3.41. The van der Waals surface area contributed by atoms with E-state index in [0.717, 1.165) is 17.0 Å². The first-order valence-corrected chi connectivity index (χ1v) is 6.83. The Hall–Kier alpha value is -1.81. The van der Waals surface area contributed by atoms with Crippen LogP contribution in [0.15, 0.2) is 36.5 Å². The van der Waals surface area contributed by atoms with E-state index in [2.05, 4.69) is 18.9 Å². The van der Waals surface area contributed by atoms with Gasteiger partial charge in [0.15, 0.2) is 0 Å². The maximum Gasteiger partial charge on any atom is 0.119 e. The maximum absolute atomic E-state index is 10.7. The summed E-state index contributed by atoms with van der Waals surface area (Å²) < 4.78 is 7.10. The van der Waals surface area contributed by atoms with Gasteiger partial charge in [0.05, 0.1) is 18.4 Å². The van der Waals surface area contributed by atoms with Crippen molar-refractivity contribution in [3.8, 4) is 5.75 Å². The Morgan fingerprint density at radius 3 is 2.70 bits per heavy atom. The molecule has 1 heterocycles. The first-order valence-electron chi connectivity index (χ1n) is 6.83. The normalized spacial score (nSPS) is 14.3. The Balaban J connectivity index is 2.20. The summed E-state index contributed by atoms with van der Waals surface area (Å²) in [7, 11) is 1.62. The van der Waals surface area contributed by atoms with E-state index in [1.807, 2.05) is 41.2 Å². The number of nitrogens with zero attached hydrogens (tertiary/aromatic N) is 2. The van der Waals surface area contributed by atoms with Gasteiger partial charge in [0.2, 0.25) is 0 Å². The molecule has 1 unspecified atom stereocenters. The van der Waals surface area contributed by atoms with E-state index in [1.54, 1.807) is 14.0 Å². The lowest BCUT2D eigenvalue weighted by atomic mass is 9.91. The lowest BCUT2D eigenvalue weighted by Crippen LogP contribution is -2.24. The average Bonchev–Trinajstić information content (AvgIpc) is 2.87. The Bertz CT molecular complexity index is 573. The maximum atomic E-state index is 10.7. The third kappa shape index (κ3) is 3.20. The summed E-state index contributed by atoms with van der Waals surface area (Å²) in [6.45, 7) is 5.96. The van der Waals surface area contributed by atoms with Crippen molar-refractivity contribution in [1.82, 2.24) is 9.78 Å². The van der Waals surface area contributed by atoms with Gasteiger partial charge in [-0.3, -0.25) is 4.68 Å². The molecule has 20 heavy (non-hydrogen) atoms. The van der Waals surface area contributed by atoms with Gasteiger partial charge < -0.3 is 9.84 Å². The molecule has 0 bridgehead atoms. The largest absolute Gasteiger partial charge is 0.497 e. The third-order valence-corrected chi connectivity index (χ3v) is 3.41. The van der Waals surface area contributed by atoms with Crippen LogP contribution >= 0.6 is 0 Å². The van der Waals surface area contributed by atoms with Crippen LogP contribution in [0.2, 0.25) is 0 Å². The van der Waals surface area contributed by atoms with E-state index < -0.39 is 5.60 Å². The first kappa shape index (κ1) is 14.6. The summed E-state index contributed by atoms with van der Waals surface area (Å²) in [4.78, 5) is 0. The summed E-state index contributed by atoms with van der Waals surface area (Å²) in [5.41, 5.74) is 0.743. The molecule has 0 saturated carbocycles. The van der Waals surface area contributed by atoms with Gasteiger partial charge >= 0.3 is 0 Å². The fourth-order valence-electron chi connectivity index (χ4n) is 2.17. The number of hydrogen-bond acceptors (Lipinski definition) is 3. The zero-order valence-corrected chi connectivity index (χ0v) is 12.5. The minimum atomic E-state index is -0.968. The lowest BCUT2D eigenvalue weighted by molar-refractivity contribution is 0.0561. The summed E-state index contributed by atoms with van der Waals surface area (Å²) in [5.74, 6) is 0.746. The molecule has 0 fully saturated rings. The van der Waals surface area contributed by atoms with Crippen molar-refractivity contribution >= 4 is 0 Å². The summed E-state index contributed by atoms with van der Waals surface area (Å²) in [6.07, 6.45) is 2.42. The number of aliphatic hydroxyl groups is 1. The molecular formula is C16H22N2O2. The van der Waals surface area contributed by atoms with E-state index in [0.29, 0.717) is 12.5 Å².